The second-order valence-electron chi connectivity index (χ2n) is 5.39. The maximum atomic E-state index is 13.4. The molecule has 3 aromatic carbocycles. The Morgan fingerprint density at radius 1 is 0.875 bits per heavy atom. The van der Waals surface area contributed by atoms with Gasteiger partial charge in [0.15, 0.2) is 0 Å². The number of hydrogen-bond acceptors (Lipinski definition) is 2. The largest absolute Gasteiger partial charge is 0.478 e. The number of halogens is 1. The van der Waals surface area contributed by atoms with Crippen LogP contribution in [-0.4, -0.2) is 11.1 Å². The van der Waals surface area contributed by atoms with Crippen molar-refractivity contribution in [2.75, 3.05) is 5.32 Å². The molecule has 4 heteroatoms. The second-order valence-corrected chi connectivity index (χ2v) is 5.39. The van der Waals surface area contributed by atoms with Gasteiger partial charge in [-0.1, -0.05) is 60.7 Å². The molecule has 0 aliphatic carbocycles. The number of aromatic carboxylic acids is 1. The van der Waals surface area contributed by atoms with Gasteiger partial charge in [0.05, 0.1) is 11.6 Å². The van der Waals surface area contributed by atoms with Crippen LogP contribution in [0.3, 0.4) is 0 Å². The Morgan fingerprint density at radius 3 is 1.92 bits per heavy atom. The van der Waals surface area contributed by atoms with Gasteiger partial charge in [0.25, 0.3) is 0 Å². The molecule has 24 heavy (non-hydrogen) atoms. The van der Waals surface area contributed by atoms with Crippen LogP contribution in [0.1, 0.15) is 27.5 Å². The van der Waals surface area contributed by atoms with Crippen LogP contribution in [0, 0.1) is 5.82 Å². The number of carboxylic acids is 1. The molecule has 0 unspecified atom stereocenters. The Hall–Kier alpha value is -3.14. The van der Waals surface area contributed by atoms with E-state index in [1.54, 1.807) is 0 Å². The first-order valence-electron chi connectivity index (χ1n) is 7.54. The van der Waals surface area contributed by atoms with Crippen molar-refractivity contribution < 1.29 is 14.3 Å². The lowest BCUT2D eigenvalue weighted by Gasteiger charge is -2.22. The van der Waals surface area contributed by atoms with Crippen molar-refractivity contribution in [3.63, 3.8) is 0 Å². The van der Waals surface area contributed by atoms with E-state index in [-0.39, 0.29) is 11.6 Å². The number of anilines is 1. The van der Waals surface area contributed by atoms with E-state index in [0.717, 1.165) is 17.2 Å². The van der Waals surface area contributed by atoms with Crippen molar-refractivity contribution in [3.05, 3.63) is 101 Å². The van der Waals surface area contributed by atoms with E-state index >= 15 is 0 Å². The quantitative estimate of drug-likeness (QED) is 0.714. The summed E-state index contributed by atoms with van der Waals surface area (Å²) in [6.07, 6.45) is 0. The molecule has 0 aliphatic rings. The molecule has 0 fully saturated rings. The minimum Gasteiger partial charge on any atom is -0.478 e. The minimum absolute atomic E-state index is 0.0909. The zero-order chi connectivity index (χ0) is 16.9. The zero-order valence-corrected chi connectivity index (χ0v) is 12.8. The highest BCUT2D eigenvalue weighted by Crippen LogP contribution is 2.28. The zero-order valence-electron chi connectivity index (χ0n) is 12.8. The van der Waals surface area contributed by atoms with Gasteiger partial charge >= 0.3 is 5.97 Å². The van der Waals surface area contributed by atoms with E-state index in [9.17, 15) is 14.3 Å². The van der Waals surface area contributed by atoms with Gasteiger partial charge in [0, 0.05) is 5.69 Å². The first-order chi connectivity index (χ1) is 11.6. The third-order valence-corrected chi connectivity index (χ3v) is 3.78. The van der Waals surface area contributed by atoms with Crippen molar-refractivity contribution in [2.45, 2.75) is 6.04 Å². The predicted molar refractivity (Wildman–Crippen MR) is 91.7 cm³/mol. The molecule has 3 aromatic rings. The molecular weight excluding hydrogens is 305 g/mol. The lowest BCUT2D eigenvalue weighted by molar-refractivity contribution is 0.0697. The molecule has 0 radical (unpaired) electrons. The summed E-state index contributed by atoms with van der Waals surface area (Å²) < 4.78 is 13.4. The summed E-state index contributed by atoms with van der Waals surface area (Å²) >= 11 is 0. The Morgan fingerprint density at radius 2 is 1.42 bits per heavy atom. The van der Waals surface area contributed by atoms with E-state index < -0.39 is 11.8 Å². The standard InChI is InChI=1S/C20H16FNO2/c21-16-11-12-18(17(13-16)20(23)24)22-19(14-7-3-1-4-8-14)15-9-5-2-6-10-15/h1-13,19,22H,(H,23,24). The summed E-state index contributed by atoms with van der Waals surface area (Å²) in [5.41, 5.74) is 2.27. The van der Waals surface area contributed by atoms with Crippen LogP contribution in [0.2, 0.25) is 0 Å². The molecule has 3 nitrogen and oxygen atoms in total. The number of rotatable bonds is 5. The van der Waals surface area contributed by atoms with Gasteiger partial charge in [-0.05, 0) is 29.3 Å². The van der Waals surface area contributed by atoms with Gasteiger partial charge in [0.2, 0.25) is 0 Å². The molecule has 120 valence electrons. The maximum absolute atomic E-state index is 13.4. The van der Waals surface area contributed by atoms with Crippen molar-refractivity contribution in [1.82, 2.24) is 0 Å². The highest BCUT2D eigenvalue weighted by atomic mass is 19.1. The Balaban J connectivity index is 2.04. The van der Waals surface area contributed by atoms with E-state index in [1.165, 1.54) is 12.1 Å². The van der Waals surface area contributed by atoms with Crippen molar-refractivity contribution in [1.29, 1.82) is 0 Å². The van der Waals surface area contributed by atoms with E-state index in [0.29, 0.717) is 5.69 Å². The second kappa shape index (κ2) is 6.96. The van der Waals surface area contributed by atoms with Crippen LogP contribution in [0.5, 0.6) is 0 Å². The van der Waals surface area contributed by atoms with Crippen molar-refractivity contribution in [2.24, 2.45) is 0 Å². The van der Waals surface area contributed by atoms with Gasteiger partial charge in [-0.15, -0.1) is 0 Å². The number of hydrogen-bond donors (Lipinski definition) is 2. The monoisotopic (exact) mass is 321 g/mol. The van der Waals surface area contributed by atoms with E-state index in [1.807, 2.05) is 60.7 Å². The first kappa shape index (κ1) is 15.7. The first-order valence-corrected chi connectivity index (χ1v) is 7.54. The predicted octanol–water partition coefficient (Wildman–Crippen LogP) is 4.73. The van der Waals surface area contributed by atoms with Gasteiger partial charge < -0.3 is 10.4 Å². The van der Waals surface area contributed by atoms with Crippen LogP contribution in [0.25, 0.3) is 0 Å². The van der Waals surface area contributed by atoms with Gasteiger partial charge in [-0.25, -0.2) is 9.18 Å². The number of benzene rings is 3. The molecule has 0 aliphatic heterocycles. The SMILES string of the molecule is O=C(O)c1cc(F)ccc1NC(c1ccccc1)c1ccccc1. The summed E-state index contributed by atoms with van der Waals surface area (Å²) in [7, 11) is 0. The van der Waals surface area contributed by atoms with Gasteiger partial charge in [-0.2, -0.15) is 0 Å². The Bertz CT molecular complexity index is 795. The summed E-state index contributed by atoms with van der Waals surface area (Å²) in [6.45, 7) is 0. The van der Waals surface area contributed by atoms with Crippen LogP contribution in [0.4, 0.5) is 10.1 Å². The topological polar surface area (TPSA) is 49.3 Å². The molecule has 0 aromatic heterocycles. The number of carbonyl (C=O) groups is 1. The summed E-state index contributed by atoms with van der Waals surface area (Å²) in [6, 6.07) is 22.9. The van der Waals surface area contributed by atoms with Crippen LogP contribution in [-0.2, 0) is 0 Å². The minimum atomic E-state index is -1.17. The molecular formula is C20H16FNO2. The third-order valence-electron chi connectivity index (χ3n) is 3.78. The average molecular weight is 321 g/mol. The van der Waals surface area contributed by atoms with Gasteiger partial charge in [0.1, 0.15) is 5.82 Å². The van der Waals surface area contributed by atoms with E-state index in [4.69, 9.17) is 0 Å². The summed E-state index contributed by atoms with van der Waals surface area (Å²) in [4.78, 5) is 11.4. The van der Waals surface area contributed by atoms with Crippen molar-refractivity contribution in [3.8, 4) is 0 Å². The van der Waals surface area contributed by atoms with Crippen LogP contribution < -0.4 is 5.32 Å². The highest BCUT2D eigenvalue weighted by molar-refractivity contribution is 5.94. The summed E-state index contributed by atoms with van der Waals surface area (Å²) in [5.74, 6) is -1.74. The van der Waals surface area contributed by atoms with E-state index in [2.05, 4.69) is 5.32 Å². The molecule has 0 bridgehead atoms. The fraction of sp³-hybridized carbons (Fsp3) is 0.0500. The normalized spacial score (nSPS) is 10.6. The molecule has 0 amide bonds. The smallest absolute Gasteiger partial charge is 0.337 e. The van der Waals surface area contributed by atoms with Crippen LogP contribution in [0.15, 0.2) is 78.9 Å². The summed E-state index contributed by atoms with van der Waals surface area (Å²) in [5, 5.41) is 12.6. The molecule has 0 atom stereocenters. The Labute approximate surface area is 139 Å². The lowest BCUT2D eigenvalue weighted by Crippen LogP contribution is -2.15. The highest BCUT2D eigenvalue weighted by Gasteiger charge is 2.18. The Kier molecular flexibility index (Phi) is 4.57. The molecule has 0 saturated carbocycles. The number of carboxylic acid groups (broad SMARTS) is 1. The number of nitrogens with one attached hydrogen (secondary N) is 1. The molecule has 3 rings (SSSR count). The third kappa shape index (κ3) is 3.43. The fourth-order valence-electron chi connectivity index (χ4n) is 2.62. The molecule has 2 N–H and O–H groups in total. The van der Waals surface area contributed by atoms with Gasteiger partial charge in [-0.3, -0.25) is 0 Å². The molecule has 0 heterocycles. The average Bonchev–Trinajstić information content (AvgIpc) is 2.62. The van der Waals surface area contributed by atoms with Crippen LogP contribution >= 0.6 is 0 Å². The lowest BCUT2D eigenvalue weighted by atomic mass is 9.98. The maximum Gasteiger partial charge on any atom is 0.337 e. The van der Waals surface area contributed by atoms with Crippen molar-refractivity contribution >= 4 is 11.7 Å². The molecule has 0 spiro atoms. The molecule has 0 saturated heterocycles. The fourth-order valence-corrected chi connectivity index (χ4v) is 2.62.